The average Bonchev–Trinajstić information content (AvgIpc) is 3.04. The van der Waals surface area contributed by atoms with E-state index in [2.05, 4.69) is 72.9 Å². The number of aryl methyl sites for hydroxylation is 3. The Balaban J connectivity index is -0.000000789. The standard InChI is InChI=1S/C20H24F2I2O2Si.C7H6FIO.C6H14Cl2Si.CH3F.Na.H/c1-5-27(6-2,11-25-19-13(3)7-15(21)9-17(19)23)12-26-20-14(4)8-16(22)10-18(20)24;1-4-2-5(8)3-6(9)7(4)10;1-3-9(4-2,5-7)6-8;1-2;;/h7-10H,5-6,11-12H2,1-4H3;2-3,10H,1H3;3-6H2,1-2H3;1H3;;/q;;;;+1;-1/i;;;1D;;. The fourth-order valence-electron chi connectivity index (χ4n) is 4.25. The Morgan fingerprint density at radius 2 is 0.980 bits per heavy atom. The Hall–Kier alpha value is 0.984. The molecule has 0 aliphatic rings. The Morgan fingerprint density at radius 1 is 0.673 bits per heavy atom. The van der Waals surface area contributed by atoms with Crippen LogP contribution in [0.25, 0.3) is 0 Å². The van der Waals surface area contributed by atoms with Crippen LogP contribution in [0.2, 0.25) is 24.2 Å². The van der Waals surface area contributed by atoms with Gasteiger partial charge in [-0.1, -0.05) is 51.9 Å². The fourth-order valence-corrected chi connectivity index (χ4v) is 13.5. The average molecular weight is 1110 g/mol. The molecule has 0 saturated carbocycles. The Morgan fingerprint density at radius 3 is 1.22 bits per heavy atom. The van der Waals surface area contributed by atoms with Crippen LogP contribution < -0.4 is 39.0 Å². The van der Waals surface area contributed by atoms with Crippen molar-refractivity contribution in [1.82, 2.24) is 0 Å². The summed E-state index contributed by atoms with van der Waals surface area (Å²) in [4.78, 5) is 0. The van der Waals surface area contributed by atoms with Gasteiger partial charge in [-0.15, -0.1) is 23.2 Å². The zero-order valence-corrected chi connectivity index (χ0v) is 41.5. The quantitative estimate of drug-likeness (QED) is 0.0851. The number of hydrogen-bond acceptors (Lipinski definition) is 3. The monoisotopic (exact) mass is 1110 g/mol. The van der Waals surface area contributed by atoms with Crippen molar-refractivity contribution in [2.75, 3.05) is 30.6 Å². The maximum Gasteiger partial charge on any atom is 1.00 e. The summed E-state index contributed by atoms with van der Waals surface area (Å²) in [6, 6.07) is 13.0. The minimum Gasteiger partial charge on any atom is -1.00 e. The van der Waals surface area contributed by atoms with E-state index in [0.717, 1.165) is 52.9 Å². The molecule has 49 heavy (non-hydrogen) atoms. The number of alkyl halides is 3. The summed E-state index contributed by atoms with van der Waals surface area (Å²) in [7, 11) is -4.03. The van der Waals surface area contributed by atoms with Crippen LogP contribution in [0.4, 0.5) is 17.6 Å². The van der Waals surface area contributed by atoms with Crippen LogP contribution >= 0.6 is 91.0 Å². The summed E-state index contributed by atoms with van der Waals surface area (Å²) in [5, 5.41) is 9.16. The molecular formula is C34H48Cl2F4I3NaO3Si2. The molecule has 1 N–H and O–H groups in total. The number of rotatable bonds is 12. The van der Waals surface area contributed by atoms with E-state index in [1.54, 1.807) is 6.92 Å². The van der Waals surface area contributed by atoms with Gasteiger partial charge in [-0.25, -0.2) is 13.2 Å². The Kier molecular flexibility index (Phi) is 27.2. The molecule has 3 aromatic rings. The number of ether oxygens (including phenoxy) is 2. The molecule has 0 amide bonds. The van der Waals surface area contributed by atoms with Crippen LogP contribution in [0.15, 0.2) is 36.4 Å². The molecule has 0 radical (unpaired) electrons. The molecule has 3 nitrogen and oxygen atoms in total. The largest absolute Gasteiger partial charge is 1.00 e. The van der Waals surface area contributed by atoms with Gasteiger partial charge in [-0.2, -0.15) is 0 Å². The second-order valence-corrected chi connectivity index (χ2v) is 26.4. The third-order valence-electron chi connectivity index (χ3n) is 8.22. The van der Waals surface area contributed by atoms with Crippen LogP contribution in [0.3, 0.4) is 0 Å². The number of halogens is 9. The first-order valence-corrected chi connectivity index (χ1v) is 25.2. The summed E-state index contributed by atoms with van der Waals surface area (Å²) in [6.07, 6.45) is 1.22. The number of aromatic hydroxyl groups is 1. The van der Waals surface area contributed by atoms with Crippen molar-refractivity contribution in [1.29, 1.82) is 0 Å². The van der Waals surface area contributed by atoms with E-state index in [1.165, 1.54) is 48.5 Å². The number of hydrogen-bond donors (Lipinski definition) is 1. The predicted molar refractivity (Wildman–Crippen MR) is 227 cm³/mol. The molecular weight excluding hydrogens is 1060 g/mol. The third kappa shape index (κ3) is 17.3. The number of benzene rings is 3. The zero-order chi connectivity index (χ0) is 37.9. The van der Waals surface area contributed by atoms with E-state index in [9.17, 15) is 17.6 Å². The molecule has 0 fully saturated rings. The molecule has 0 saturated heterocycles. The maximum absolute atomic E-state index is 13.5. The molecule has 0 aromatic heterocycles. The summed E-state index contributed by atoms with van der Waals surface area (Å²) < 4.78 is 69.5. The topological polar surface area (TPSA) is 38.7 Å². The van der Waals surface area contributed by atoms with Gasteiger partial charge in [0.2, 0.25) is 0 Å². The molecule has 274 valence electrons. The van der Waals surface area contributed by atoms with Gasteiger partial charge in [0, 0.05) is 11.0 Å². The normalized spacial score (nSPS) is 11.0. The molecule has 0 aliphatic heterocycles. The van der Waals surface area contributed by atoms with Gasteiger partial charge in [0.05, 0.1) is 39.8 Å². The molecule has 0 atom stereocenters. The minimum absolute atomic E-state index is 0. The first kappa shape index (κ1) is 50.0. The Labute approximate surface area is 369 Å². The number of phenolic OH excluding ortho intramolecular Hbond substituents is 1. The van der Waals surface area contributed by atoms with Gasteiger partial charge in [-0.05, 0) is 142 Å². The fraction of sp³-hybridized carbons (Fsp3) is 0.471. The van der Waals surface area contributed by atoms with Crippen LogP contribution in [-0.2, 0) is 0 Å². The van der Waals surface area contributed by atoms with E-state index in [-0.39, 0.29) is 54.2 Å². The Bertz CT molecular complexity index is 1300. The molecule has 0 spiro atoms. The zero-order valence-electron chi connectivity index (χ0n) is 31.5. The van der Waals surface area contributed by atoms with Crippen molar-refractivity contribution in [3.8, 4) is 17.2 Å². The van der Waals surface area contributed by atoms with Crippen molar-refractivity contribution < 1.29 is 64.5 Å². The van der Waals surface area contributed by atoms with Crippen LogP contribution in [-0.4, -0.2) is 51.9 Å². The van der Waals surface area contributed by atoms with Gasteiger partial charge in [-0.3, -0.25) is 4.39 Å². The smallest absolute Gasteiger partial charge is 1.00 e. The molecule has 0 heterocycles. The predicted octanol–water partition coefficient (Wildman–Crippen LogP) is 9.99. The minimum atomic E-state index is -1.87. The third-order valence-corrected chi connectivity index (χ3v) is 22.7. The van der Waals surface area contributed by atoms with E-state index in [4.69, 9.17) is 39.2 Å². The van der Waals surface area contributed by atoms with Crippen molar-refractivity contribution in [3.05, 3.63) is 81.3 Å². The summed E-state index contributed by atoms with van der Waals surface area (Å²) in [6.45, 7) is 14.1. The first-order chi connectivity index (χ1) is 23.0. The van der Waals surface area contributed by atoms with Gasteiger partial charge in [0.15, 0.2) is 0 Å². The van der Waals surface area contributed by atoms with Crippen molar-refractivity contribution >= 4 is 107 Å². The van der Waals surface area contributed by atoms with Gasteiger partial charge >= 0.3 is 29.6 Å². The molecule has 0 bridgehead atoms. The summed E-state index contributed by atoms with van der Waals surface area (Å²) >= 11 is 17.7. The van der Waals surface area contributed by atoms with Crippen LogP contribution in [0.5, 0.6) is 17.2 Å². The van der Waals surface area contributed by atoms with E-state index in [1.807, 2.05) is 36.4 Å². The van der Waals surface area contributed by atoms with Crippen molar-refractivity contribution in [2.24, 2.45) is 0 Å². The van der Waals surface area contributed by atoms with E-state index >= 15 is 0 Å². The van der Waals surface area contributed by atoms with E-state index < -0.39 is 23.3 Å². The van der Waals surface area contributed by atoms with Gasteiger partial charge in [0.1, 0.15) is 42.8 Å². The molecule has 3 rings (SSSR count). The molecule has 3 aromatic carbocycles. The molecule has 0 unspecified atom stereocenters. The van der Waals surface area contributed by atoms with Crippen molar-refractivity contribution in [3.63, 3.8) is 0 Å². The summed E-state index contributed by atoms with van der Waals surface area (Å²) in [5.41, 5.74) is 3.83. The van der Waals surface area contributed by atoms with E-state index in [0.29, 0.717) is 21.6 Å². The SMILES string of the molecule is CC[Si](CC)(CCl)CCl.CC[Si](CC)(COc1c(C)cc(F)cc1I)COc1c(C)cc(F)cc1I.Cc1cc(F)cc(I)c1O.[2H]CF.[H-].[Na+]. The molecule has 15 heteroatoms. The van der Waals surface area contributed by atoms with Crippen molar-refractivity contribution in [2.45, 2.75) is 72.6 Å². The van der Waals surface area contributed by atoms with Gasteiger partial charge in [0.25, 0.3) is 0 Å². The second kappa shape index (κ2) is 26.7. The van der Waals surface area contributed by atoms with Crippen LogP contribution in [0, 0.1) is 48.9 Å². The van der Waals surface area contributed by atoms with Gasteiger partial charge < -0.3 is 16.0 Å². The number of phenols is 1. The molecule has 0 aliphatic carbocycles. The second-order valence-electron chi connectivity index (χ2n) is 11.4. The maximum atomic E-state index is 13.5. The summed E-state index contributed by atoms with van der Waals surface area (Å²) in [5.74, 6) is 0.875. The first-order valence-electron chi connectivity index (χ1n) is 16.0. The van der Waals surface area contributed by atoms with Crippen LogP contribution in [0.1, 0.15) is 47.2 Å².